The Balaban J connectivity index is 0.000000500. The van der Waals surface area contributed by atoms with Crippen molar-refractivity contribution in [1.29, 1.82) is 0 Å². The Bertz CT molecular complexity index is 99.8. The van der Waals surface area contributed by atoms with E-state index in [-0.39, 0.29) is 12.4 Å². The molecule has 2 atom stereocenters. The summed E-state index contributed by atoms with van der Waals surface area (Å²) in [5, 5.41) is 3.41. The normalized spacial score (nSPS) is 38.4. The van der Waals surface area contributed by atoms with E-state index in [1.54, 1.807) is 0 Å². The van der Waals surface area contributed by atoms with Crippen molar-refractivity contribution in [2.75, 3.05) is 19.8 Å². The van der Waals surface area contributed by atoms with Crippen molar-refractivity contribution < 1.29 is 4.74 Å². The molecule has 2 unspecified atom stereocenters. The van der Waals surface area contributed by atoms with Crippen molar-refractivity contribution in [3.63, 3.8) is 0 Å². The van der Waals surface area contributed by atoms with Crippen molar-refractivity contribution >= 4 is 12.4 Å². The summed E-state index contributed by atoms with van der Waals surface area (Å²) in [5.41, 5.74) is 0. The summed E-state index contributed by atoms with van der Waals surface area (Å²) in [6, 6.07) is 0.799. The smallest absolute Gasteiger partial charge is 0.0510 e. The Morgan fingerprint density at radius 2 is 2.10 bits per heavy atom. The van der Waals surface area contributed by atoms with E-state index in [0.717, 1.165) is 25.2 Å². The van der Waals surface area contributed by atoms with Gasteiger partial charge in [-0.2, -0.15) is 0 Å². The van der Waals surface area contributed by atoms with Gasteiger partial charge < -0.3 is 10.1 Å². The highest BCUT2D eigenvalue weighted by Crippen LogP contribution is 2.22. The Hall–Kier alpha value is 0.210. The van der Waals surface area contributed by atoms with Gasteiger partial charge in [0.15, 0.2) is 0 Å². The summed E-state index contributed by atoms with van der Waals surface area (Å²) < 4.78 is 5.27. The zero-order valence-electron chi connectivity index (χ0n) is 6.01. The van der Waals surface area contributed by atoms with Gasteiger partial charge in [0.05, 0.1) is 6.61 Å². The molecule has 3 heteroatoms. The number of nitrogens with one attached hydrogen (secondary N) is 1. The standard InChI is InChI=1S/C7H13NO.ClH/c1-3-8-7(1)6-2-4-9-5-6;/h6-8H,1-5H2;1H. The molecule has 0 saturated carbocycles. The molecule has 2 heterocycles. The topological polar surface area (TPSA) is 21.3 Å². The van der Waals surface area contributed by atoms with Crippen LogP contribution in [0, 0.1) is 5.92 Å². The molecular weight excluding hydrogens is 150 g/mol. The average Bonchev–Trinajstić information content (AvgIpc) is 2.11. The molecule has 0 spiro atoms. The van der Waals surface area contributed by atoms with Crippen LogP contribution < -0.4 is 5.32 Å². The number of rotatable bonds is 1. The molecule has 0 aromatic heterocycles. The molecule has 2 aliphatic rings. The monoisotopic (exact) mass is 163 g/mol. The van der Waals surface area contributed by atoms with Crippen LogP contribution in [0.1, 0.15) is 12.8 Å². The van der Waals surface area contributed by atoms with Gasteiger partial charge in [0.25, 0.3) is 0 Å². The van der Waals surface area contributed by atoms with Crippen LogP contribution in [0.2, 0.25) is 0 Å². The Morgan fingerprint density at radius 1 is 1.30 bits per heavy atom. The van der Waals surface area contributed by atoms with E-state index in [1.165, 1.54) is 19.4 Å². The molecule has 2 fully saturated rings. The summed E-state index contributed by atoms with van der Waals surface area (Å²) in [4.78, 5) is 0. The third kappa shape index (κ3) is 1.44. The van der Waals surface area contributed by atoms with Crippen molar-refractivity contribution in [3.8, 4) is 0 Å². The van der Waals surface area contributed by atoms with E-state index < -0.39 is 0 Å². The predicted octanol–water partition coefficient (Wildman–Crippen LogP) is 0.807. The molecule has 0 aromatic carbocycles. The molecule has 0 amide bonds. The minimum atomic E-state index is 0. The number of halogens is 1. The molecule has 60 valence electrons. The molecule has 2 aliphatic heterocycles. The maximum absolute atomic E-state index is 5.27. The van der Waals surface area contributed by atoms with Crippen molar-refractivity contribution in [1.82, 2.24) is 5.32 Å². The first-order valence-electron chi connectivity index (χ1n) is 3.78. The molecule has 1 N–H and O–H groups in total. The van der Waals surface area contributed by atoms with Crippen LogP contribution in [0.15, 0.2) is 0 Å². The lowest BCUT2D eigenvalue weighted by atomic mass is 9.91. The van der Waals surface area contributed by atoms with Gasteiger partial charge in [0.1, 0.15) is 0 Å². The van der Waals surface area contributed by atoms with Gasteiger partial charge in [-0.25, -0.2) is 0 Å². The molecular formula is C7H14ClNO. The lowest BCUT2D eigenvalue weighted by Crippen LogP contribution is -2.48. The first kappa shape index (κ1) is 8.31. The van der Waals surface area contributed by atoms with Crippen LogP contribution >= 0.6 is 12.4 Å². The molecule has 2 nitrogen and oxygen atoms in total. The summed E-state index contributed by atoms with van der Waals surface area (Å²) in [6.45, 7) is 3.21. The van der Waals surface area contributed by atoms with Crippen molar-refractivity contribution in [2.45, 2.75) is 18.9 Å². The fourth-order valence-corrected chi connectivity index (χ4v) is 1.58. The number of ether oxygens (including phenoxy) is 1. The zero-order chi connectivity index (χ0) is 6.10. The Kier molecular flexibility index (Phi) is 2.96. The second kappa shape index (κ2) is 3.56. The van der Waals surface area contributed by atoms with E-state index in [0.29, 0.717) is 0 Å². The minimum absolute atomic E-state index is 0. The summed E-state index contributed by atoms with van der Waals surface area (Å²) in [7, 11) is 0. The van der Waals surface area contributed by atoms with Gasteiger partial charge in [0, 0.05) is 12.6 Å². The highest BCUT2D eigenvalue weighted by Gasteiger charge is 2.29. The third-order valence-corrected chi connectivity index (χ3v) is 2.40. The Morgan fingerprint density at radius 3 is 2.50 bits per heavy atom. The average molecular weight is 164 g/mol. The fraction of sp³-hybridized carbons (Fsp3) is 1.00. The van der Waals surface area contributed by atoms with Crippen LogP contribution in [0.4, 0.5) is 0 Å². The molecule has 0 aromatic rings. The Labute approximate surface area is 67.7 Å². The molecule has 10 heavy (non-hydrogen) atoms. The first-order valence-corrected chi connectivity index (χ1v) is 3.78. The van der Waals surface area contributed by atoms with Crippen molar-refractivity contribution in [2.24, 2.45) is 5.92 Å². The van der Waals surface area contributed by atoms with Crippen LogP contribution in [0.25, 0.3) is 0 Å². The summed E-state index contributed by atoms with van der Waals surface area (Å²) >= 11 is 0. The number of hydrogen-bond donors (Lipinski definition) is 1. The summed E-state index contributed by atoms with van der Waals surface area (Å²) in [5.74, 6) is 0.832. The molecule has 0 radical (unpaired) electrons. The van der Waals surface area contributed by atoms with Gasteiger partial charge in [0.2, 0.25) is 0 Å². The number of hydrogen-bond acceptors (Lipinski definition) is 2. The van der Waals surface area contributed by atoms with E-state index >= 15 is 0 Å². The van der Waals surface area contributed by atoms with Gasteiger partial charge in [-0.15, -0.1) is 12.4 Å². The quantitative estimate of drug-likeness (QED) is 0.618. The van der Waals surface area contributed by atoms with Gasteiger partial charge >= 0.3 is 0 Å². The lowest BCUT2D eigenvalue weighted by molar-refractivity contribution is 0.164. The molecule has 2 rings (SSSR count). The fourth-order valence-electron chi connectivity index (χ4n) is 1.58. The first-order chi connectivity index (χ1) is 4.47. The second-order valence-electron chi connectivity index (χ2n) is 2.97. The second-order valence-corrected chi connectivity index (χ2v) is 2.97. The molecule has 0 bridgehead atoms. The zero-order valence-corrected chi connectivity index (χ0v) is 6.82. The van der Waals surface area contributed by atoms with Crippen LogP contribution in [-0.2, 0) is 4.74 Å². The maximum atomic E-state index is 5.27. The lowest BCUT2D eigenvalue weighted by Gasteiger charge is -2.31. The maximum Gasteiger partial charge on any atom is 0.0510 e. The van der Waals surface area contributed by atoms with E-state index in [4.69, 9.17) is 4.74 Å². The largest absolute Gasteiger partial charge is 0.381 e. The summed E-state index contributed by atoms with van der Waals surface area (Å²) in [6.07, 6.45) is 2.64. The SMILES string of the molecule is C1CC(C2CCOC2)N1.Cl. The molecule has 2 saturated heterocycles. The minimum Gasteiger partial charge on any atom is -0.381 e. The van der Waals surface area contributed by atoms with E-state index in [1.807, 2.05) is 0 Å². The van der Waals surface area contributed by atoms with Crippen LogP contribution in [-0.4, -0.2) is 25.8 Å². The predicted molar refractivity (Wildman–Crippen MR) is 42.6 cm³/mol. The van der Waals surface area contributed by atoms with Crippen LogP contribution in [0.3, 0.4) is 0 Å². The van der Waals surface area contributed by atoms with Gasteiger partial charge in [-0.1, -0.05) is 0 Å². The van der Waals surface area contributed by atoms with Gasteiger partial charge in [-0.3, -0.25) is 0 Å². The van der Waals surface area contributed by atoms with Crippen molar-refractivity contribution in [3.05, 3.63) is 0 Å². The van der Waals surface area contributed by atoms with Crippen LogP contribution in [0.5, 0.6) is 0 Å². The molecule has 0 aliphatic carbocycles. The highest BCUT2D eigenvalue weighted by atomic mass is 35.5. The van der Waals surface area contributed by atoms with Gasteiger partial charge in [-0.05, 0) is 25.3 Å². The highest BCUT2D eigenvalue weighted by molar-refractivity contribution is 5.85. The van der Waals surface area contributed by atoms with E-state index in [9.17, 15) is 0 Å². The van der Waals surface area contributed by atoms with E-state index in [2.05, 4.69) is 5.32 Å². The third-order valence-electron chi connectivity index (χ3n) is 2.40.